The second-order valence-corrected chi connectivity index (χ2v) is 6.32. The van der Waals surface area contributed by atoms with E-state index in [1.54, 1.807) is 6.07 Å². The van der Waals surface area contributed by atoms with Crippen LogP contribution in [0.4, 0.5) is 0 Å². The maximum Gasteiger partial charge on any atom is 0.231 e. The first-order chi connectivity index (χ1) is 12.5. The molecule has 8 heteroatoms. The van der Waals surface area contributed by atoms with Crippen LogP contribution in [-0.2, 0) is 11.3 Å². The molecule has 1 fully saturated rings. The van der Waals surface area contributed by atoms with E-state index in [0.717, 1.165) is 32.5 Å². The van der Waals surface area contributed by atoms with Gasteiger partial charge in [0.1, 0.15) is 0 Å². The van der Waals surface area contributed by atoms with E-state index >= 15 is 0 Å². The zero-order valence-electron chi connectivity index (χ0n) is 15.5. The van der Waals surface area contributed by atoms with E-state index in [9.17, 15) is 9.90 Å². The van der Waals surface area contributed by atoms with Crippen LogP contribution in [0, 0.1) is 0 Å². The number of piperidine rings is 1. The van der Waals surface area contributed by atoms with Crippen molar-refractivity contribution in [1.82, 2.24) is 15.5 Å². The van der Waals surface area contributed by atoms with Crippen molar-refractivity contribution in [3.05, 3.63) is 23.8 Å². The normalized spacial score (nSPS) is 16.3. The number of primary amides is 1. The number of phenols is 1. The molecule has 0 bridgehead atoms. The van der Waals surface area contributed by atoms with Crippen LogP contribution in [0.1, 0.15) is 25.3 Å². The Morgan fingerprint density at radius 3 is 2.77 bits per heavy atom. The van der Waals surface area contributed by atoms with Gasteiger partial charge in [0.25, 0.3) is 0 Å². The van der Waals surface area contributed by atoms with Crippen molar-refractivity contribution in [1.29, 1.82) is 0 Å². The van der Waals surface area contributed by atoms with E-state index < -0.39 is 0 Å². The summed E-state index contributed by atoms with van der Waals surface area (Å²) in [5, 5.41) is 16.8. The van der Waals surface area contributed by atoms with Gasteiger partial charge in [0.15, 0.2) is 17.5 Å². The van der Waals surface area contributed by atoms with Gasteiger partial charge in [-0.15, -0.1) is 0 Å². The van der Waals surface area contributed by atoms with Crippen molar-refractivity contribution in [2.24, 2.45) is 10.7 Å². The van der Waals surface area contributed by atoms with E-state index in [1.165, 1.54) is 7.11 Å². The number of likely N-dealkylation sites (tertiary alicyclic amines) is 1. The number of nitrogens with two attached hydrogens (primary N) is 1. The summed E-state index contributed by atoms with van der Waals surface area (Å²) in [7, 11) is 1.53. The number of para-hydroxylation sites is 1. The van der Waals surface area contributed by atoms with Crippen LogP contribution in [0.2, 0.25) is 0 Å². The van der Waals surface area contributed by atoms with E-state index in [2.05, 4.69) is 20.5 Å². The van der Waals surface area contributed by atoms with Crippen LogP contribution >= 0.6 is 0 Å². The molecular formula is C18H29N5O3. The third-order valence-electron chi connectivity index (χ3n) is 4.36. The lowest BCUT2D eigenvalue weighted by Crippen LogP contribution is -2.49. The van der Waals surface area contributed by atoms with Gasteiger partial charge in [0.2, 0.25) is 5.91 Å². The maximum absolute atomic E-state index is 11.0. The summed E-state index contributed by atoms with van der Waals surface area (Å²) in [6, 6.07) is 5.66. The molecule has 26 heavy (non-hydrogen) atoms. The second-order valence-electron chi connectivity index (χ2n) is 6.32. The third-order valence-corrected chi connectivity index (χ3v) is 4.36. The molecule has 1 aliphatic heterocycles. The number of carbonyl (C=O) groups excluding carboxylic acids is 1. The highest BCUT2D eigenvalue weighted by Crippen LogP contribution is 2.29. The minimum absolute atomic E-state index is 0.120. The monoisotopic (exact) mass is 363 g/mol. The van der Waals surface area contributed by atoms with Crippen LogP contribution in [0.3, 0.4) is 0 Å². The maximum atomic E-state index is 11.0. The molecule has 1 aromatic carbocycles. The predicted octanol–water partition coefficient (Wildman–Crippen LogP) is 0.406. The smallest absolute Gasteiger partial charge is 0.231 e. The Balaban J connectivity index is 1.94. The Morgan fingerprint density at radius 1 is 1.42 bits per heavy atom. The van der Waals surface area contributed by atoms with E-state index in [-0.39, 0.29) is 17.7 Å². The number of aromatic hydroxyl groups is 1. The number of rotatable bonds is 7. The van der Waals surface area contributed by atoms with Gasteiger partial charge in [0.05, 0.1) is 20.2 Å². The zero-order chi connectivity index (χ0) is 18.9. The minimum Gasteiger partial charge on any atom is -0.504 e. The fraction of sp³-hybridized carbons (Fsp3) is 0.556. The Labute approximate surface area is 154 Å². The van der Waals surface area contributed by atoms with Crippen LogP contribution in [0.5, 0.6) is 11.5 Å². The van der Waals surface area contributed by atoms with Crippen LogP contribution < -0.4 is 21.1 Å². The number of methoxy groups -OCH3 is 1. The van der Waals surface area contributed by atoms with Crippen LogP contribution in [0.25, 0.3) is 0 Å². The lowest BCUT2D eigenvalue weighted by molar-refractivity contribution is -0.119. The minimum atomic E-state index is -0.288. The summed E-state index contributed by atoms with van der Waals surface area (Å²) in [5.41, 5.74) is 5.96. The molecule has 1 aliphatic rings. The Bertz CT molecular complexity index is 627. The highest BCUT2D eigenvalue weighted by atomic mass is 16.5. The fourth-order valence-electron chi connectivity index (χ4n) is 2.99. The topological polar surface area (TPSA) is 112 Å². The summed E-state index contributed by atoms with van der Waals surface area (Å²) in [6.45, 7) is 5.08. The number of nitrogens with zero attached hydrogens (tertiary/aromatic N) is 2. The molecule has 0 aromatic heterocycles. The largest absolute Gasteiger partial charge is 0.504 e. The predicted molar refractivity (Wildman–Crippen MR) is 101 cm³/mol. The quantitative estimate of drug-likeness (QED) is 0.412. The van der Waals surface area contributed by atoms with E-state index in [1.807, 2.05) is 19.1 Å². The molecule has 144 valence electrons. The van der Waals surface area contributed by atoms with E-state index in [0.29, 0.717) is 30.4 Å². The fourth-order valence-corrected chi connectivity index (χ4v) is 2.99. The molecule has 8 nitrogen and oxygen atoms in total. The van der Waals surface area contributed by atoms with Crippen molar-refractivity contribution in [2.75, 3.05) is 33.3 Å². The molecule has 1 aromatic rings. The van der Waals surface area contributed by atoms with Crippen molar-refractivity contribution in [2.45, 2.75) is 32.4 Å². The lowest BCUT2D eigenvalue weighted by Gasteiger charge is -2.32. The molecule has 1 saturated heterocycles. The number of ether oxygens (including phenoxy) is 1. The SMILES string of the molecule is CCNC(=NCc1cccc(OC)c1O)NC1CCN(CC(N)=O)CC1. The van der Waals surface area contributed by atoms with Crippen LogP contribution in [0.15, 0.2) is 23.2 Å². The molecule has 0 unspecified atom stereocenters. The van der Waals surface area contributed by atoms with Gasteiger partial charge in [0, 0.05) is 31.2 Å². The third kappa shape index (κ3) is 5.80. The van der Waals surface area contributed by atoms with Gasteiger partial charge >= 0.3 is 0 Å². The molecule has 2 rings (SSSR count). The number of guanidine groups is 1. The van der Waals surface area contributed by atoms with Gasteiger partial charge in [-0.05, 0) is 25.8 Å². The number of hydrogen-bond donors (Lipinski definition) is 4. The summed E-state index contributed by atoms with van der Waals surface area (Å²) in [4.78, 5) is 17.7. The average molecular weight is 363 g/mol. The van der Waals surface area contributed by atoms with Gasteiger partial charge in [-0.3, -0.25) is 9.69 Å². The highest BCUT2D eigenvalue weighted by molar-refractivity contribution is 5.80. The number of carbonyl (C=O) groups is 1. The van der Waals surface area contributed by atoms with Crippen molar-refractivity contribution >= 4 is 11.9 Å². The summed E-state index contributed by atoms with van der Waals surface area (Å²) < 4.78 is 5.13. The number of phenolic OH excluding ortho intramolecular Hbond substituents is 1. The number of benzene rings is 1. The van der Waals surface area contributed by atoms with Crippen LogP contribution in [-0.4, -0.2) is 61.2 Å². The molecular weight excluding hydrogens is 334 g/mol. The first-order valence-corrected chi connectivity index (χ1v) is 8.93. The average Bonchev–Trinajstić information content (AvgIpc) is 2.62. The molecule has 1 heterocycles. The van der Waals surface area contributed by atoms with Gasteiger partial charge < -0.3 is 26.2 Å². The number of hydrogen-bond acceptors (Lipinski definition) is 5. The van der Waals surface area contributed by atoms with Crippen molar-refractivity contribution in [3.8, 4) is 11.5 Å². The Kier molecular flexibility index (Phi) is 7.53. The molecule has 5 N–H and O–H groups in total. The highest BCUT2D eigenvalue weighted by Gasteiger charge is 2.20. The first-order valence-electron chi connectivity index (χ1n) is 8.93. The Hall–Kier alpha value is -2.48. The molecule has 0 atom stereocenters. The standard InChI is InChI=1S/C18H29N5O3/c1-3-20-18(21-11-13-5-4-6-15(26-2)17(13)25)22-14-7-9-23(10-8-14)12-16(19)24/h4-6,14,25H,3,7-12H2,1-2H3,(H2,19,24)(H2,20,21,22). The second kappa shape index (κ2) is 9.86. The Morgan fingerprint density at radius 2 is 2.15 bits per heavy atom. The first kappa shape index (κ1) is 19.8. The van der Waals surface area contributed by atoms with Crippen molar-refractivity contribution < 1.29 is 14.6 Å². The van der Waals surface area contributed by atoms with Gasteiger partial charge in [-0.1, -0.05) is 12.1 Å². The molecule has 1 amide bonds. The number of amides is 1. The van der Waals surface area contributed by atoms with Gasteiger partial charge in [-0.2, -0.15) is 0 Å². The number of nitrogens with one attached hydrogen (secondary N) is 2. The van der Waals surface area contributed by atoms with Gasteiger partial charge in [-0.25, -0.2) is 4.99 Å². The lowest BCUT2D eigenvalue weighted by atomic mass is 10.1. The summed E-state index contributed by atoms with van der Waals surface area (Å²) in [5.74, 6) is 0.985. The summed E-state index contributed by atoms with van der Waals surface area (Å²) >= 11 is 0. The molecule has 0 aliphatic carbocycles. The van der Waals surface area contributed by atoms with E-state index in [4.69, 9.17) is 10.5 Å². The van der Waals surface area contributed by atoms with Crippen molar-refractivity contribution in [3.63, 3.8) is 0 Å². The number of aliphatic imine (C=N–C) groups is 1. The molecule has 0 radical (unpaired) electrons. The zero-order valence-corrected chi connectivity index (χ0v) is 15.5. The molecule has 0 saturated carbocycles. The summed E-state index contributed by atoms with van der Waals surface area (Å²) in [6.07, 6.45) is 1.84. The molecule has 0 spiro atoms.